The lowest BCUT2D eigenvalue weighted by atomic mass is 9.92. The van der Waals surface area contributed by atoms with Gasteiger partial charge in [-0.05, 0) is 23.0 Å². The Kier molecular flexibility index (Phi) is 7.72. The summed E-state index contributed by atoms with van der Waals surface area (Å²) in [5, 5.41) is 6.40. The number of hydrogen-bond donors (Lipinski definition) is 2. The van der Waals surface area contributed by atoms with Crippen LogP contribution in [0.25, 0.3) is 0 Å². The van der Waals surface area contributed by atoms with Gasteiger partial charge in [0, 0.05) is 31.9 Å². The van der Waals surface area contributed by atoms with E-state index in [9.17, 15) is 4.79 Å². The van der Waals surface area contributed by atoms with Gasteiger partial charge in [0.2, 0.25) is 5.91 Å². The van der Waals surface area contributed by atoms with Crippen molar-refractivity contribution in [2.24, 2.45) is 0 Å². The Morgan fingerprint density at radius 2 is 1.72 bits per heavy atom. The molecule has 0 radical (unpaired) electrons. The standard InChI is InChI=1S/C20H33N3O2/c1-15(2)17-6-5-7-18(16(3)4)20(17)22-14-19(24)21-8-9-23-10-12-25-13-11-23/h5-7,15-16,22H,8-14H2,1-4H3,(H,21,24). The summed E-state index contributed by atoms with van der Waals surface area (Å²) >= 11 is 0. The van der Waals surface area contributed by atoms with Crippen LogP contribution in [0, 0.1) is 0 Å². The molecule has 1 saturated heterocycles. The lowest BCUT2D eigenvalue weighted by molar-refractivity contribution is -0.119. The molecule has 1 fully saturated rings. The number of carbonyl (C=O) groups excluding carboxylic acids is 1. The fourth-order valence-corrected chi connectivity index (χ4v) is 3.16. The summed E-state index contributed by atoms with van der Waals surface area (Å²) in [7, 11) is 0. The molecule has 5 heteroatoms. The van der Waals surface area contributed by atoms with Crippen LogP contribution in [0.2, 0.25) is 0 Å². The van der Waals surface area contributed by atoms with Crippen molar-refractivity contribution < 1.29 is 9.53 Å². The van der Waals surface area contributed by atoms with Crippen molar-refractivity contribution in [1.29, 1.82) is 0 Å². The largest absolute Gasteiger partial charge is 0.379 e. The molecule has 1 heterocycles. The molecule has 0 bridgehead atoms. The zero-order valence-electron chi connectivity index (χ0n) is 16.1. The predicted molar refractivity (Wildman–Crippen MR) is 103 cm³/mol. The second-order valence-corrected chi connectivity index (χ2v) is 7.28. The van der Waals surface area contributed by atoms with E-state index in [0.29, 0.717) is 24.9 Å². The van der Waals surface area contributed by atoms with Crippen molar-refractivity contribution in [1.82, 2.24) is 10.2 Å². The Bertz CT molecular complexity index is 526. The topological polar surface area (TPSA) is 53.6 Å². The molecule has 2 N–H and O–H groups in total. The second kappa shape index (κ2) is 9.78. The van der Waals surface area contributed by atoms with Crippen LogP contribution in [0.15, 0.2) is 18.2 Å². The Hall–Kier alpha value is -1.59. The van der Waals surface area contributed by atoms with Gasteiger partial charge in [-0.15, -0.1) is 0 Å². The maximum atomic E-state index is 12.2. The highest BCUT2D eigenvalue weighted by Gasteiger charge is 2.15. The Balaban J connectivity index is 1.86. The predicted octanol–water partition coefficient (Wildman–Crippen LogP) is 2.79. The summed E-state index contributed by atoms with van der Waals surface area (Å²) in [6.07, 6.45) is 0. The summed E-state index contributed by atoms with van der Waals surface area (Å²) < 4.78 is 5.34. The van der Waals surface area contributed by atoms with E-state index in [4.69, 9.17) is 4.74 Å². The minimum absolute atomic E-state index is 0.0431. The molecule has 0 saturated carbocycles. The average Bonchev–Trinajstić information content (AvgIpc) is 2.60. The minimum atomic E-state index is 0.0431. The normalized spacial score (nSPS) is 15.6. The van der Waals surface area contributed by atoms with Gasteiger partial charge in [0.1, 0.15) is 0 Å². The number of morpholine rings is 1. The summed E-state index contributed by atoms with van der Waals surface area (Å²) in [5.74, 6) is 0.887. The first-order chi connectivity index (χ1) is 12.0. The molecular weight excluding hydrogens is 314 g/mol. The van der Waals surface area contributed by atoms with Gasteiger partial charge in [0.15, 0.2) is 0 Å². The maximum absolute atomic E-state index is 12.2. The van der Waals surface area contributed by atoms with Crippen molar-refractivity contribution in [3.05, 3.63) is 29.3 Å². The third kappa shape index (κ3) is 6.01. The van der Waals surface area contributed by atoms with Crippen molar-refractivity contribution in [3.8, 4) is 0 Å². The van der Waals surface area contributed by atoms with Crippen LogP contribution in [0.4, 0.5) is 5.69 Å². The molecule has 0 unspecified atom stereocenters. The van der Waals surface area contributed by atoms with Crippen molar-refractivity contribution in [2.75, 3.05) is 51.3 Å². The van der Waals surface area contributed by atoms with E-state index >= 15 is 0 Å². The fourth-order valence-electron chi connectivity index (χ4n) is 3.16. The van der Waals surface area contributed by atoms with Crippen LogP contribution in [0.5, 0.6) is 0 Å². The number of ether oxygens (including phenoxy) is 1. The fraction of sp³-hybridized carbons (Fsp3) is 0.650. The molecule has 1 aromatic carbocycles. The highest BCUT2D eigenvalue weighted by molar-refractivity contribution is 5.81. The third-order valence-corrected chi connectivity index (χ3v) is 4.65. The summed E-state index contributed by atoms with van der Waals surface area (Å²) in [6.45, 7) is 14.1. The van der Waals surface area contributed by atoms with Crippen molar-refractivity contribution in [2.45, 2.75) is 39.5 Å². The third-order valence-electron chi connectivity index (χ3n) is 4.65. The van der Waals surface area contributed by atoms with Crippen LogP contribution in [0.1, 0.15) is 50.7 Å². The maximum Gasteiger partial charge on any atom is 0.239 e. The van der Waals surface area contributed by atoms with E-state index in [1.807, 2.05) is 0 Å². The van der Waals surface area contributed by atoms with Gasteiger partial charge in [-0.25, -0.2) is 0 Å². The number of para-hydroxylation sites is 1. The molecule has 1 aliphatic rings. The van der Waals surface area contributed by atoms with Gasteiger partial charge in [-0.3, -0.25) is 9.69 Å². The van der Waals surface area contributed by atoms with Gasteiger partial charge < -0.3 is 15.4 Å². The zero-order valence-corrected chi connectivity index (χ0v) is 16.1. The molecule has 1 amide bonds. The number of benzene rings is 1. The van der Waals surface area contributed by atoms with Crippen LogP contribution in [-0.2, 0) is 9.53 Å². The quantitative estimate of drug-likeness (QED) is 0.759. The number of amides is 1. The molecule has 25 heavy (non-hydrogen) atoms. The van der Waals surface area contributed by atoms with Gasteiger partial charge in [-0.2, -0.15) is 0 Å². The molecule has 140 valence electrons. The van der Waals surface area contributed by atoms with Gasteiger partial charge in [0.05, 0.1) is 19.8 Å². The molecule has 0 spiro atoms. The van der Waals surface area contributed by atoms with Gasteiger partial charge >= 0.3 is 0 Å². The van der Waals surface area contributed by atoms with Crippen molar-refractivity contribution in [3.63, 3.8) is 0 Å². The molecule has 0 aromatic heterocycles. The SMILES string of the molecule is CC(C)c1cccc(C(C)C)c1NCC(=O)NCCN1CCOCC1. The van der Waals surface area contributed by atoms with E-state index in [1.54, 1.807) is 0 Å². The molecular formula is C20H33N3O2. The Morgan fingerprint density at radius 1 is 1.12 bits per heavy atom. The molecule has 1 aromatic rings. The van der Waals surface area contributed by atoms with E-state index < -0.39 is 0 Å². The summed E-state index contributed by atoms with van der Waals surface area (Å²) in [6, 6.07) is 6.41. The monoisotopic (exact) mass is 347 g/mol. The first kappa shape index (κ1) is 19.7. The smallest absolute Gasteiger partial charge is 0.239 e. The lowest BCUT2D eigenvalue weighted by Crippen LogP contribution is -2.42. The van der Waals surface area contributed by atoms with E-state index in [0.717, 1.165) is 38.5 Å². The summed E-state index contributed by atoms with van der Waals surface area (Å²) in [5.41, 5.74) is 3.66. The van der Waals surface area contributed by atoms with E-state index in [-0.39, 0.29) is 5.91 Å². The number of hydrogen-bond acceptors (Lipinski definition) is 4. The zero-order chi connectivity index (χ0) is 18.2. The van der Waals surface area contributed by atoms with E-state index in [1.165, 1.54) is 11.1 Å². The lowest BCUT2D eigenvalue weighted by Gasteiger charge is -2.26. The highest BCUT2D eigenvalue weighted by Crippen LogP contribution is 2.32. The number of rotatable bonds is 8. The Labute approximate surface area is 152 Å². The van der Waals surface area contributed by atoms with E-state index in [2.05, 4.69) is 61.4 Å². The highest BCUT2D eigenvalue weighted by atomic mass is 16.5. The molecule has 0 aliphatic carbocycles. The number of carbonyl (C=O) groups is 1. The molecule has 0 atom stereocenters. The number of anilines is 1. The Morgan fingerprint density at radius 3 is 2.28 bits per heavy atom. The molecule has 2 rings (SSSR count). The van der Waals surface area contributed by atoms with Crippen LogP contribution in [0.3, 0.4) is 0 Å². The van der Waals surface area contributed by atoms with Crippen LogP contribution >= 0.6 is 0 Å². The molecule has 1 aliphatic heterocycles. The molecule has 5 nitrogen and oxygen atoms in total. The average molecular weight is 348 g/mol. The van der Waals surface area contributed by atoms with Gasteiger partial charge in [0.25, 0.3) is 0 Å². The van der Waals surface area contributed by atoms with Crippen LogP contribution in [-0.4, -0.2) is 56.7 Å². The first-order valence-electron chi connectivity index (χ1n) is 9.42. The summed E-state index contributed by atoms with van der Waals surface area (Å²) in [4.78, 5) is 14.5. The van der Waals surface area contributed by atoms with Crippen molar-refractivity contribution >= 4 is 11.6 Å². The second-order valence-electron chi connectivity index (χ2n) is 7.28. The first-order valence-corrected chi connectivity index (χ1v) is 9.42. The van der Waals surface area contributed by atoms with Crippen LogP contribution < -0.4 is 10.6 Å². The van der Waals surface area contributed by atoms with Gasteiger partial charge in [-0.1, -0.05) is 45.9 Å². The number of nitrogens with zero attached hydrogens (tertiary/aromatic N) is 1. The minimum Gasteiger partial charge on any atom is -0.379 e. The number of nitrogens with one attached hydrogen (secondary N) is 2.